The molecule has 2 unspecified atom stereocenters. The Kier molecular flexibility index (Phi) is 5.66. The van der Waals surface area contributed by atoms with Gasteiger partial charge in [0.25, 0.3) is 0 Å². The predicted molar refractivity (Wildman–Crippen MR) is 73.6 cm³/mol. The van der Waals surface area contributed by atoms with Crippen molar-refractivity contribution in [1.29, 1.82) is 0 Å². The first-order valence-electron chi connectivity index (χ1n) is 6.40. The molecule has 0 aromatic heterocycles. The van der Waals surface area contributed by atoms with Gasteiger partial charge in [-0.3, -0.25) is 0 Å². The van der Waals surface area contributed by atoms with Crippen molar-refractivity contribution in [2.24, 2.45) is 0 Å². The quantitative estimate of drug-likeness (QED) is 0.818. The van der Waals surface area contributed by atoms with Gasteiger partial charge in [-0.05, 0) is 50.4 Å². The Hall–Kier alpha value is -0.860. The minimum Gasteiger partial charge on any atom is -0.380 e. The maximum Gasteiger partial charge on any atom is 0.0699 e. The highest BCUT2D eigenvalue weighted by molar-refractivity contribution is 5.30. The first-order valence-corrected chi connectivity index (χ1v) is 6.40. The van der Waals surface area contributed by atoms with Crippen molar-refractivity contribution in [2.75, 3.05) is 13.7 Å². The van der Waals surface area contributed by atoms with Gasteiger partial charge in [0, 0.05) is 13.2 Å². The van der Waals surface area contributed by atoms with E-state index in [1.165, 1.54) is 16.7 Å². The van der Waals surface area contributed by atoms with Crippen LogP contribution in [0.15, 0.2) is 18.2 Å². The van der Waals surface area contributed by atoms with E-state index >= 15 is 0 Å². The Morgan fingerprint density at radius 3 is 2.47 bits per heavy atom. The number of ether oxygens (including phenoxy) is 1. The zero-order chi connectivity index (χ0) is 12.8. The van der Waals surface area contributed by atoms with E-state index in [0.717, 1.165) is 13.0 Å². The summed E-state index contributed by atoms with van der Waals surface area (Å²) in [7, 11) is 1.77. The molecule has 0 aliphatic heterocycles. The molecule has 2 heteroatoms. The lowest BCUT2D eigenvalue weighted by Gasteiger charge is -2.24. The molecule has 0 heterocycles. The molecule has 0 amide bonds. The molecule has 1 aromatic rings. The van der Waals surface area contributed by atoms with E-state index < -0.39 is 0 Å². The molecule has 0 saturated carbocycles. The molecular formula is C15H25NO. The lowest BCUT2D eigenvalue weighted by atomic mass is 9.98. The molecule has 0 radical (unpaired) electrons. The van der Waals surface area contributed by atoms with Gasteiger partial charge in [-0.25, -0.2) is 0 Å². The third-order valence-electron chi connectivity index (χ3n) is 3.43. The van der Waals surface area contributed by atoms with Crippen molar-refractivity contribution in [1.82, 2.24) is 5.32 Å². The molecule has 0 bridgehead atoms. The summed E-state index contributed by atoms with van der Waals surface area (Å²) >= 11 is 0. The average Bonchev–Trinajstić information content (AvgIpc) is 2.32. The van der Waals surface area contributed by atoms with E-state index in [2.05, 4.69) is 51.2 Å². The van der Waals surface area contributed by atoms with E-state index in [0.29, 0.717) is 6.04 Å². The second-order valence-electron chi connectivity index (χ2n) is 4.73. The second-order valence-corrected chi connectivity index (χ2v) is 4.73. The van der Waals surface area contributed by atoms with E-state index in [4.69, 9.17) is 4.74 Å². The van der Waals surface area contributed by atoms with Crippen LogP contribution in [0.5, 0.6) is 0 Å². The number of aryl methyl sites for hydroxylation is 2. The molecule has 0 saturated heterocycles. The van der Waals surface area contributed by atoms with Crippen LogP contribution >= 0.6 is 0 Å². The molecule has 1 rings (SSSR count). The van der Waals surface area contributed by atoms with Crippen LogP contribution in [0.25, 0.3) is 0 Å². The van der Waals surface area contributed by atoms with Gasteiger partial charge in [-0.15, -0.1) is 0 Å². The number of rotatable bonds is 6. The molecule has 0 aliphatic carbocycles. The Morgan fingerprint density at radius 2 is 1.94 bits per heavy atom. The zero-order valence-electron chi connectivity index (χ0n) is 11.7. The molecule has 96 valence electrons. The lowest BCUT2D eigenvalue weighted by molar-refractivity contribution is 0.0836. The highest BCUT2D eigenvalue weighted by atomic mass is 16.5. The van der Waals surface area contributed by atoms with Crippen molar-refractivity contribution in [3.8, 4) is 0 Å². The molecule has 17 heavy (non-hydrogen) atoms. The fourth-order valence-corrected chi connectivity index (χ4v) is 2.01. The summed E-state index contributed by atoms with van der Waals surface area (Å²) < 4.78 is 5.43. The van der Waals surface area contributed by atoms with Gasteiger partial charge >= 0.3 is 0 Å². The smallest absolute Gasteiger partial charge is 0.0699 e. The minimum atomic E-state index is 0.233. The maximum absolute atomic E-state index is 5.43. The van der Waals surface area contributed by atoms with Crippen LogP contribution in [-0.2, 0) is 11.2 Å². The number of hydrogen-bond acceptors (Lipinski definition) is 2. The summed E-state index contributed by atoms with van der Waals surface area (Å²) in [5.74, 6) is 0. The van der Waals surface area contributed by atoms with Gasteiger partial charge < -0.3 is 10.1 Å². The third-order valence-corrected chi connectivity index (χ3v) is 3.43. The van der Waals surface area contributed by atoms with E-state index in [-0.39, 0.29) is 6.10 Å². The van der Waals surface area contributed by atoms with Crippen molar-refractivity contribution in [3.63, 3.8) is 0 Å². The number of methoxy groups -OCH3 is 1. The van der Waals surface area contributed by atoms with Gasteiger partial charge in [0.1, 0.15) is 0 Å². The van der Waals surface area contributed by atoms with Gasteiger partial charge in [-0.2, -0.15) is 0 Å². The number of benzene rings is 1. The first kappa shape index (κ1) is 14.2. The third kappa shape index (κ3) is 4.14. The first-order chi connectivity index (χ1) is 8.08. The Morgan fingerprint density at radius 1 is 1.24 bits per heavy atom. The molecule has 0 fully saturated rings. The summed E-state index contributed by atoms with van der Waals surface area (Å²) in [5, 5.41) is 3.49. The largest absolute Gasteiger partial charge is 0.380 e. The molecule has 2 nitrogen and oxygen atoms in total. The van der Waals surface area contributed by atoms with Crippen LogP contribution in [-0.4, -0.2) is 25.8 Å². The zero-order valence-corrected chi connectivity index (χ0v) is 11.7. The Balaban J connectivity index is 2.74. The van der Waals surface area contributed by atoms with Crippen LogP contribution in [0.4, 0.5) is 0 Å². The lowest BCUT2D eigenvalue weighted by Crippen LogP contribution is -2.40. The summed E-state index contributed by atoms with van der Waals surface area (Å²) in [5.41, 5.74) is 4.10. The summed E-state index contributed by atoms with van der Waals surface area (Å²) in [6, 6.07) is 7.08. The molecule has 2 atom stereocenters. The van der Waals surface area contributed by atoms with Crippen LogP contribution < -0.4 is 5.32 Å². The number of hydrogen-bond donors (Lipinski definition) is 1. The Labute approximate surface area is 105 Å². The number of likely N-dealkylation sites (N-methyl/N-ethyl adjacent to an activating group) is 1. The van der Waals surface area contributed by atoms with Crippen LogP contribution in [0.3, 0.4) is 0 Å². The van der Waals surface area contributed by atoms with E-state index in [1.807, 2.05) is 0 Å². The van der Waals surface area contributed by atoms with Gasteiger partial charge in [-0.1, -0.05) is 25.1 Å². The predicted octanol–water partition coefficient (Wildman–Crippen LogP) is 2.86. The monoisotopic (exact) mass is 235 g/mol. The highest BCUT2D eigenvalue weighted by Gasteiger charge is 2.16. The molecular weight excluding hydrogens is 210 g/mol. The molecule has 0 spiro atoms. The van der Waals surface area contributed by atoms with Gasteiger partial charge in [0.05, 0.1) is 6.10 Å². The van der Waals surface area contributed by atoms with E-state index in [1.54, 1.807) is 7.11 Å². The molecule has 1 N–H and O–H groups in total. The number of nitrogens with one attached hydrogen (secondary N) is 1. The van der Waals surface area contributed by atoms with E-state index in [9.17, 15) is 0 Å². The van der Waals surface area contributed by atoms with Gasteiger partial charge in [0.2, 0.25) is 0 Å². The summed E-state index contributed by atoms with van der Waals surface area (Å²) in [4.78, 5) is 0. The Bertz CT molecular complexity index is 349. The molecule has 1 aromatic carbocycles. The van der Waals surface area contributed by atoms with Crippen molar-refractivity contribution in [2.45, 2.75) is 46.3 Å². The average molecular weight is 235 g/mol. The standard InChI is InChI=1S/C15H25NO/c1-6-16-15(13(4)17-5)10-14-8-7-11(2)12(3)9-14/h7-9,13,15-16H,6,10H2,1-5H3. The maximum atomic E-state index is 5.43. The molecule has 0 aliphatic rings. The fraction of sp³-hybridized carbons (Fsp3) is 0.600. The van der Waals surface area contributed by atoms with Crippen molar-refractivity contribution >= 4 is 0 Å². The fourth-order valence-electron chi connectivity index (χ4n) is 2.01. The van der Waals surface area contributed by atoms with Crippen molar-refractivity contribution < 1.29 is 4.74 Å². The highest BCUT2D eigenvalue weighted by Crippen LogP contribution is 2.13. The minimum absolute atomic E-state index is 0.233. The second kappa shape index (κ2) is 6.77. The normalized spacial score (nSPS) is 14.6. The van der Waals surface area contributed by atoms with Crippen LogP contribution in [0, 0.1) is 13.8 Å². The van der Waals surface area contributed by atoms with Crippen molar-refractivity contribution in [3.05, 3.63) is 34.9 Å². The summed E-state index contributed by atoms with van der Waals surface area (Å²) in [6.45, 7) is 9.55. The van der Waals surface area contributed by atoms with Gasteiger partial charge in [0.15, 0.2) is 0 Å². The summed E-state index contributed by atoms with van der Waals surface area (Å²) in [6.07, 6.45) is 1.25. The van der Waals surface area contributed by atoms with Crippen LogP contribution in [0.1, 0.15) is 30.5 Å². The SMILES string of the molecule is CCNC(Cc1ccc(C)c(C)c1)C(C)OC. The van der Waals surface area contributed by atoms with Crippen LogP contribution in [0.2, 0.25) is 0 Å². The topological polar surface area (TPSA) is 21.3 Å².